The van der Waals surface area contributed by atoms with Gasteiger partial charge in [-0.3, -0.25) is 14.5 Å². The third kappa shape index (κ3) is 4.82. The summed E-state index contributed by atoms with van der Waals surface area (Å²) in [4.78, 5) is 25.0. The molecule has 2 aliphatic rings. The number of hydrogen-bond acceptors (Lipinski definition) is 3. The topological polar surface area (TPSA) is 69.6 Å². The number of nitrogens with one attached hydrogen (secondary N) is 1. The second-order valence-corrected chi connectivity index (χ2v) is 5.68. The van der Waals surface area contributed by atoms with Crippen LogP contribution in [0.15, 0.2) is 0 Å². The number of amides is 1. The lowest BCUT2D eigenvalue weighted by Gasteiger charge is -2.30. The molecule has 108 valence electrons. The number of hydrogen-bond donors (Lipinski definition) is 2. The first-order valence-electron chi connectivity index (χ1n) is 7.43. The minimum Gasteiger partial charge on any atom is -0.480 e. The average Bonchev–Trinajstić information content (AvgIpc) is 3.11. The van der Waals surface area contributed by atoms with Crippen molar-refractivity contribution in [2.75, 3.05) is 13.1 Å². The van der Waals surface area contributed by atoms with Crippen LogP contribution in [-0.4, -0.2) is 47.1 Å². The maximum Gasteiger partial charge on any atom is 0.320 e. The maximum absolute atomic E-state index is 11.7. The van der Waals surface area contributed by atoms with Crippen molar-refractivity contribution in [2.24, 2.45) is 0 Å². The summed E-state index contributed by atoms with van der Waals surface area (Å²) in [6.07, 6.45) is 7.60. The molecule has 0 aromatic carbocycles. The molecule has 19 heavy (non-hydrogen) atoms. The molecule has 1 amide bonds. The molecule has 0 aromatic heterocycles. The zero-order valence-corrected chi connectivity index (χ0v) is 11.4. The molecule has 1 saturated carbocycles. The largest absolute Gasteiger partial charge is 0.480 e. The van der Waals surface area contributed by atoms with Gasteiger partial charge in [-0.1, -0.05) is 19.3 Å². The first-order valence-corrected chi connectivity index (χ1v) is 7.43. The van der Waals surface area contributed by atoms with E-state index in [9.17, 15) is 14.7 Å². The molecular weight excluding hydrogens is 244 g/mol. The summed E-state index contributed by atoms with van der Waals surface area (Å²) in [5, 5.41) is 12.3. The van der Waals surface area contributed by atoms with Gasteiger partial charge in [0.2, 0.25) is 5.91 Å². The number of carbonyl (C=O) groups is 2. The molecule has 1 saturated heterocycles. The zero-order valence-electron chi connectivity index (χ0n) is 11.4. The van der Waals surface area contributed by atoms with Crippen LogP contribution in [0, 0.1) is 0 Å². The van der Waals surface area contributed by atoms with E-state index in [0.29, 0.717) is 25.4 Å². The van der Waals surface area contributed by atoms with Crippen LogP contribution in [0.2, 0.25) is 0 Å². The Kier molecular flexibility index (Phi) is 5.19. The Hall–Kier alpha value is -1.10. The molecular formula is C14H24N2O3. The smallest absolute Gasteiger partial charge is 0.320 e. The zero-order chi connectivity index (χ0) is 13.7. The summed E-state index contributed by atoms with van der Waals surface area (Å²) < 4.78 is 0. The third-order valence-electron chi connectivity index (χ3n) is 3.97. The number of nitrogens with zero attached hydrogens (tertiary/aromatic N) is 1. The quantitative estimate of drug-likeness (QED) is 0.790. The van der Waals surface area contributed by atoms with Crippen LogP contribution in [0.1, 0.15) is 51.4 Å². The molecule has 5 heteroatoms. The predicted octanol–water partition coefficient (Wildman–Crippen LogP) is 1.37. The Balaban J connectivity index is 1.81. The van der Waals surface area contributed by atoms with E-state index < -0.39 is 12.0 Å². The molecule has 1 heterocycles. The highest BCUT2D eigenvalue weighted by Crippen LogP contribution is 2.19. The molecule has 1 aliphatic carbocycles. The van der Waals surface area contributed by atoms with Crippen LogP contribution in [0.3, 0.4) is 0 Å². The normalized spacial score (nSPS) is 25.4. The van der Waals surface area contributed by atoms with Gasteiger partial charge in [0.05, 0.1) is 0 Å². The third-order valence-corrected chi connectivity index (χ3v) is 3.97. The minimum atomic E-state index is -0.746. The van der Waals surface area contributed by atoms with Gasteiger partial charge in [0.15, 0.2) is 0 Å². The van der Waals surface area contributed by atoms with Crippen molar-refractivity contribution in [1.29, 1.82) is 0 Å². The number of carboxylic acid groups (broad SMARTS) is 1. The average molecular weight is 268 g/mol. The molecule has 0 bridgehead atoms. The lowest BCUT2D eigenvalue weighted by Crippen LogP contribution is -2.44. The van der Waals surface area contributed by atoms with E-state index in [1.54, 1.807) is 0 Å². The molecule has 1 unspecified atom stereocenters. The monoisotopic (exact) mass is 268 g/mol. The summed E-state index contributed by atoms with van der Waals surface area (Å²) >= 11 is 0. The second-order valence-electron chi connectivity index (χ2n) is 5.68. The van der Waals surface area contributed by atoms with E-state index in [0.717, 1.165) is 45.1 Å². The highest BCUT2D eigenvalue weighted by molar-refractivity contribution is 5.77. The van der Waals surface area contributed by atoms with E-state index in [4.69, 9.17) is 0 Å². The van der Waals surface area contributed by atoms with E-state index in [2.05, 4.69) is 5.32 Å². The lowest BCUT2D eigenvalue weighted by molar-refractivity contribution is -0.144. The van der Waals surface area contributed by atoms with Crippen LogP contribution in [0.5, 0.6) is 0 Å². The van der Waals surface area contributed by atoms with Crippen LogP contribution in [0.4, 0.5) is 0 Å². The van der Waals surface area contributed by atoms with Crippen LogP contribution < -0.4 is 5.32 Å². The summed E-state index contributed by atoms with van der Waals surface area (Å²) in [6.45, 7) is 1.36. The number of carboxylic acids is 1. The number of carbonyl (C=O) groups excluding carboxylic acids is 1. The Morgan fingerprint density at radius 1 is 1.11 bits per heavy atom. The molecule has 1 aliphatic heterocycles. The van der Waals surface area contributed by atoms with Gasteiger partial charge in [-0.2, -0.15) is 0 Å². The van der Waals surface area contributed by atoms with Gasteiger partial charge >= 0.3 is 5.97 Å². The fraction of sp³-hybridized carbons (Fsp3) is 0.857. The van der Waals surface area contributed by atoms with Crippen molar-refractivity contribution in [3.8, 4) is 0 Å². The second kappa shape index (κ2) is 6.89. The molecule has 0 spiro atoms. The van der Waals surface area contributed by atoms with Crippen LogP contribution >= 0.6 is 0 Å². The van der Waals surface area contributed by atoms with Crippen molar-refractivity contribution < 1.29 is 14.7 Å². The van der Waals surface area contributed by atoms with Gasteiger partial charge in [0, 0.05) is 19.0 Å². The minimum absolute atomic E-state index is 0.0636. The van der Waals surface area contributed by atoms with Gasteiger partial charge < -0.3 is 10.4 Å². The Morgan fingerprint density at radius 3 is 2.53 bits per heavy atom. The Morgan fingerprint density at radius 2 is 1.84 bits per heavy atom. The molecule has 0 radical (unpaired) electrons. The van der Waals surface area contributed by atoms with E-state index in [1.807, 2.05) is 4.90 Å². The van der Waals surface area contributed by atoms with Gasteiger partial charge in [-0.05, 0) is 32.2 Å². The van der Waals surface area contributed by atoms with Gasteiger partial charge in [0.1, 0.15) is 6.04 Å². The fourth-order valence-electron chi connectivity index (χ4n) is 2.66. The van der Waals surface area contributed by atoms with Crippen LogP contribution in [-0.2, 0) is 9.59 Å². The summed E-state index contributed by atoms with van der Waals surface area (Å²) in [5.74, 6) is -0.682. The van der Waals surface area contributed by atoms with E-state index >= 15 is 0 Å². The fourth-order valence-corrected chi connectivity index (χ4v) is 2.66. The van der Waals surface area contributed by atoms with E-state index in [-0.39, 0.29) is 5.91 Å². The summed E-state index contributed by atoms with van der Waals surface area (Å²) in [6, 6.07) is -0.0240. The first-order chi connectivity index (χ1) is 9.16. The number of likely N-dealkylation sites (tertiary alicyclic amines) is 1. The molecule has 1 atom stereocenters. The first kappa shape index (κ1) is 14.3. The summed E-state index contributed by atoms with van der Waals surface area (Å²) in [7, 11) is 0. The number of aliphatic carboxylic acids is 1. The molecule has 0 aromatic rings. The molecule has 2 rings (SSSR count). The van der Waals surface area contributed by atoms with Crippen molar-refractivity contribution in [1.82, 2.24) is 10.2 Å². The van der Waals surface area contributed by atoms with Crippen LogP contribution in [0.25, 0.3) is 0 Å². The number of rotatable bonds is 5. The van der Waals surface area contributed by atoms with Gasteiger partial charge in [0.25, 0.3) is 0 Å². The van der Waals surface area contributed by atoms with Gasteiger partial charge in [-0.25, -0.2) is 0 Å². The standard InChI is InChI=1S/C14H24N2O3/c17-13(15-11-6-7-11)8-10-16-9-4-2-1-3-5-12(16)14(18)19/h11-12H,1-10H2,(H,15,17)(H,18,19). The predicted molar refractivity (Wildman–Crippen MR) is 71.9 cm³/mol. The Labute approximate surface area is 114 Å². The molecule has 2 N–H and O–H groups in total. The Bertz CT molecular complexity index is 329. The highest BCUT2D eigenvalue weighted by Gasteiger charge is 2.27. The molecule has 5 nitrogen and oxygen atoms in total. The highest BCUT2D eigenvalue weighted by atomic mass is 16.4. The SMILES string of the molecule is O=C(CCN1CCCCCCC1C(=O)O)NC1CC1. The summed E-state index contributed by atoms with van der Waals surface area (Å²) in [5.41, 5.74) is 0. The van der Waals surface area contributed by atoms with Crippen molar-refractivity contribution in [3.05, 3.63) is 0 Å². The maximum atomic E-state index is 11.7. The lowest BCUT2D eigenvalue weighted by atomic mass is 10.0. The van der Waals surface area contributed by atoms with E-state index in [1.165, 1.54) is 0 Å². The van der Waals surface area contributed by atoms with Crippen molar-refractivity contribution in [3.63, 3.8) is 0 Å². The molecule has 2 fully saturated rings. The van der Waals surface area contributed by atoms with Crippen molar-refractivity contribution in [2.45, 2.75) is 63.5 Å². The van der Waals surface area contributed by atoms with Gasteiger partial charge in [-0.15, -0.1) is 0 Å². The van der Waals surface area contributed by atoms with Crippen molar-refractivity contribution >= 4 is 11.9 Å².